The molecule has 0 spiro atoms. The zero-order chi connectivity index (χ0) is 22.9. The number of fused-ring (bicyclic) bond motifs is 3. The van der Waals surface area contributed by atoms with Gasteiger partial charge in [0.25, 0.3) is 0 Å². The molecule has 0 unspecified atom stereocenters. The summed E-state index contributed by atoms with van der Waals surface area (Å²) in [6.45, 7) is 0. The van der Waals surface area contributed by atoms with Crippen molar-refractivity contribution in [3.8, 4) is 39.6 Å². The fourth-order valence-electron chi connectivity index (χ4n) is 4.63. The molecule has 0 atom stereocenters. The van der Waals surface area contributed by atoms with Gasteiger partial charge >= 0.3 is 0 Å². The lowest BCUT2D eigenvalue weighted by Gasteiger charge is -2.15. The van der Waals surface area contributed by atoms with Gasteiger partial charge in [0.2, 0.25) is 0 Å². The van der Waals surface area contributed by atoms with Crippen molar-refractivity contribution < 1.29 is 0 Å². The largest absolute Gasteiger partial charge is 0.247 e. The second-order valence-electron chi connectivity index (χ2n) is 8.34. The molecule has 0 aliphatic heterocycles. The van der Waals surface area contributed by atoms with Crippen LogP contribution in [-0.2, 0) is 0 Å². The number of benzene rings is 5. The number of hydrogen-bond donors (Lipinski definition) is 0. The van der Waals surface area contributed by atoms with E-state index in [0.29, 0.717) is 5.56 Å². The molecular formula is C32H20N2. The maximum absolute atomic E-state index is 9.21. The van der Waals surface area contributed by atoms with Crippen LogP contribution in [0.2, 0.25) is 0 Å². The number of aromatic nitrogens is 1. The predicted molar refractivity (Wildman–Crippen MR) is 140 cm³/mol. The Bertz CT molecular complexity index is 1680. The lowest BCUT2D eigenvalue weighted by Crippen LogP contribution is -1.93. The number of pyridine rings is 1. The standard InChI is InChI=1S/C32H20N2/c33-21-22-15-17-25(18-16-22)31-20-29(24-11-5-2-6-12-24)30-19-28(23-9-3-1-4-10-23)26-13-7-8-14-27(26)32(30)34-31/h1-20H. The first-order chi connectivity index (χ1) is 16.8. The minimum atomic E-state index is 0.644. The maximum atomic E-state index is 9.21. The number of hydrogen-bond acceptors (Lipinski definition) is 2. The van der Waals surface area contributed by atoms with Crippen molar-refractivity contribution >= 4 is 21.7 Å². The lowest BCUT2D eigenvalue weighted by atomic mass is 9.91. The minimum absolute atomic E-state index is 0.644. The zero-order valence-electron chi connectivity index (χ0n) is 18.4. The van der Waals surface area contributed by atoms with E-state index >= 15 is 0 Å². The molecular weight excluding hydrogens is 412 g/mol. The van der Waals surface area contributed by atoms with Crippen molar-refractivity contribution in [2.75, 3.05) is 0 Å². The molecule has 2 heteroatoms. The Hall–Kier alpha value is -4.74. The highest BCUT2D eigenvalue weighted by Crippen LogP contribution is 2.40. The maximum Gasteiger partial charge on any atom is 0.0991 e. The fourth-order valence-corrected chi connectivity index (χ4v) is 4.63. The number of nitrogens with zero attached hydrogens (tertiary/aromatic N) is 2. The molecule has 34 heavy (non-hydrogen) atoms. The van der Waals surface area contributed by atoms with E-state index in [1.807, 2.05) is 36.4 Å². The van der Waals surface area contributed by atoms with Gasteiger partial charge in [-0.25, -0.2) is 4.98 Å². The van der Waals surface area contributed by atoms with Gasteiger partial charge in [0.1, 0.15) is 0 Å². The fraction of sp³-hybridized carbons (Fsp3) is 0. The Kier molecular flexibility index (Phi) is 4.87. The predicted octanol–water partition coefficient (Wildman–Crippen LogP) is 8.26. The van der Waals surface area contributed by atoms with Crippen LogP contribution in [0.5, 0.6) is 0 Å². The summed E-state index contributed by atoms with van der Waals surface area (Å²) in [5, 5.41) is 12.6. The van der Waals surface area contributed by atoms with Gasteiger partial charge in [-0.1, -0.05) is 97.1 Å². The molecule has 6 aromatic rings. The van der Waals surface area contributed by atoms with Crippen LogP contribution in [0.3, 0.4) is 0 Å². The Morgan fingerprint density at radius 3 is 1.68 bits per heavy atom. The highest BCUT2D eigenvalue weighted by atomic mass is 14.7. The Labute approximate surface area is 198 Å². The molecule has 0 saturated carbocycles. The van der Waals surface area contributed by atoms with Crippen LogP contribution in [0.1, 0.15) is 5.56 Å². The quantitative estimate of drug-likeness (QED) is 0.264. The van der Waals surface area contributed by atoms with E-state index in [1.54, 1.807) is 0 Å². The molecule has 0 radical (unpaired) electrons. The third-order valence-corrected chi connectivity index (χ3v) is 6.30. The van der Waals surface area contributed by atoms with E-state index in [4.69, 9.17) is 4.98 Å². The van der Waals surface area contributed by atoms with Crippen LogP contribution in [0.4, 0.5) is 0 Å². The molecule has 0 bridgehead atoms. The van der Waals surface area contributed by atoms with Gasteiger partial charge in [0.15, 0.2) is 0 Å². The first kappa shape index (κ1) is 19.9. The third kappa shape index (κ3) is 3.41. The SMILES string of the molecule is N#Cc1ccc(-c2cc(-c3ccccc3)c3cc(-c4ccccc4)c4ccccc4c3n2)cc1. The first-order valence-corrected chi connectivity index (χ1v) is 11.3. The second-order valence-corrected chi connectivity index (χ2v) is 8.34. The molecule has 158 valence electrons. The Morgan fingerprint density at radius 1 is 0.500 bits per heavy atom. The van der Waals surface area contributed by atoms with E-state index < -0.39 is 0 Å². The highest BCUT2D eigenvalue weighted by Gasteiger charge is 2.15. The first-order valence-electron chi connectivity index (χ1n) is 11.3. The summed E-state index contributed by atoms with van der Waals surface area (Å²) in [6.07, 6.45) is 0. The van der Waals surface area contributed by atoms with E-state index in [-0.39, 0.29) is 0 Å². The van der Waals surface area contributed by atoms with Gasteiger partial charge < -0.3 is 0 Å². The van der Waals surface area contributed by atoms with Crippen molar-refractivity contribution in [1.82, 2.24) is 4.98 Å². The van der Waals surface area contributed by atoms with Crippen molar-refractivity contribution in [1.29, 1.82) is 5.26 Å². The second kappa shape index (κ2) is 8.31. The molecule has 0 saturated heterocycles. The van der Waals surface area contributed by atoms with E-state index in [0.717, 1.165) is 38.7 Å². The molecule has 0 amide bonds. The summed E-state index contributed by atoms with van der Waals surface area (Å²) < 4.78 is 0. The molecule has 0 fully saturated rings. The van der Waals surface area contributed by atoms with Crippen molar-refractivity contribution in [2.45, 2.75) is 0 Å². The Morgan fingerprint density at radius 2 is 1.06 bits per heavy atom. The highest BCUT2D eigenvalue weighted by molar-refractivity contribution is 6.16. The van der Waals surface area contributed by atoms with Crippen LogP contribution < -0.4 is 0 Å². The van der Waals surface area contributed by atoms with E-state index in [9.17, 15) is 5.26 Å². The van der Waals surface area contributed by atoms with E-state index in [2.05, 4.69) is 91.0 Å². The normalized spacial score (nSPS) is 10.9. The third-order valence-electron chi connectivity index (χ3n) is 6.30. The average Bonchev–Trinajstić information content (AvgIpc) is 2.93. The summed E-state index contributed by atoms with van der Waals surface area (Å²) in [6, 6.07) is 43.8. The van der Waals surface area contributed by atoms with Crippen molar-refractivity contribution in [3.05, 3.63) is 127 Å². The smallest absolute Gasteiger partial charge is 0.0991 e. The average molecular weight is 433 g/mol. The van der Waals surface area contributed by atoms with Crippen LogP contribution in [-0.4, -0.2) is 4.98 Å². The van der Waals surface area contributed by atoms with Crippen molar-refractivity contribution in [2.24, 2.45) is 0 Å². The van der Waals surface area contributed by atoms with Gasteiger partial charge in [-0.2, -0.15) is 5.26 Å². The molecule has 5 aromatic carbocycles. The molecule has 6 rings (SSSR count). The summed E-state index contributed by atoms with van der Waals surface area (Å²) in [7, 11) is 0. The molecule has 0 aliphatic rings. The topological polar surface area (TPSA) is 36.7 Å². The van der Waals surface area contributed by atoms with Crippen LogP contribution in [0, 0.1) is 11.3 Å². The Balaban J connectivity index is 1.73. The monoisotopic (exact) mass is 432 g/mol. The number of rotatable bonds is 3. The summed E-state index contributed by atoms with van der Waals surface area (Å²) in [4.78, 5) is 5.17. The minimum Gasteiger partial charge on any atom is -0.247 e. The summed E-state index contributed by atoms with van der Waals surface area (Å²) in [5.74, 6) is 0. The molecule has 1 heterocycles. The summed E-state index contributed by atoms with van der Waals surface area (Å²) >= 11 is 0. The molecule has 1 aromatic heterocycles. The number of nitriles is 1. The molecule has 0 aliphatic carbocycles. The van der Waals surface area contributed by atoms with Crippen LogP contribution in [0.15, 0.2) is 121 Å². The summed E-state index contributed by atoms with van der Waals surface area (Å²) in [5.41, 5.74) is 8.21. The van der Waals surface area contributed by atoms with Crippen LogP contribution in [0.25, 0.3) is 55.2 Å². The molecule has 0 N–H and O–H groups in total. The van der Waals surface area contributed by atoms with Gasteiger partial charge in [0.05, 0.1) is 22.8 Å². The van der Waals surface area contributed by atoms with Gasteiger partial charge in [-0.3, -0.25) is 0 Å². The zero-order valence-corrected chi connectivity index (χ0v) is 18.4. The van der Waals surface area contributed by atoms with Crippen molar-refractivity contribution in [3.63, 3.8) is 0 Å². The van der Waals surface area contributed by atoms with Gasteiger partial charge in [-0.05, 0) is 51.9 Å². The lowest BCUT2D eigenvalue weighted by molar-refractivity contribution is 1.40. The van der Waals surface area contributed by atoms with Crippen LogP contribution >= 0.6 is 0 Å². The van der Waals surface area contributed by atoms with Gasteiger partial charge in [0, 0.05) is 16.3 Å². The molecule has 2 nitrogen and oxygen atoms in total. The van der Waals surface area contributed by atoms with Gasteiger partial charge in [-0.15, -0.1) is 0 Å². The van der Waals surface area contributed by atoms with E-state index in [1.165, 1.54) is 16.5 Å².